The van der Waals surface area contributed by atoms with Crippen molar-refractivity contribution in [2.45, 2.75) is 51.2 Å². The molecule has 13 nitrogen and oxygen atoms in total. The number of ether oxygens (including phenoxy) is 3. The van der Waals surface area contributed by atoms with Gasteiger partial charge >= 0.3 is 6.03 Å². The maximum Gasteiger partial charge on any atom is 0.328 e. The molecule has 3 aliphatic rings. The molecule has 13 heteroatoms. The Morgan fingerprint density at radius 1 is 0.760 bits per heavy atom. The minimum absolute atomic E-state index is 0.0149. The number of pyridine rings is 1. The number of nitrogens with one attached hydrogen (secondary N) is 1. The number of urea groups is 1. The van der Waals surface area contributed by atoms with Crippen molar-refractivity contribution in [1.82, 2.24) is 19.7 Å². The van der Waals surface area contributed by atoms with Crippen molar-refractivity contribution in [3.8, 4) is 22.6 Å². The topological polar surface area (TPSA) is 140 Å². The molecule has 4 heterocycles. The molecule has 2 aromatic carbocycles. The Balaban J connectivity index is 1.01. The number of nitrogens with zero attached hydrogens (tertiary/aromatic N) is 4. The Bertz CT molecular complexity index is 1830. The van der Waals surface area contributed by atoms with Crippen LogP contribution >= 0.6 is 0 Å². The Morgan fingerprint density at radius 3 is 2.00 bits per heavy atom. The number of hydrogen-bond acceptors (Lipinski definition) is 8. The van der Waals surface area contributed by atoms with Crippen LogP contribution in [0.25, 0.3) is 11.1 Å². The van der Waals surface area contributed by atoms with Gasteiger partial charge in [0.05, 0.1) is 37.7 Å². The van der Waals surface area contributed by atoms with Crippen LogP contribution in [0.2, 0.25) is 0 Å². The van der Waals surface area contributed by atoms with Gasteiger partial charge in [0.15, 0.2) is 0 Å². The van der Waals surface area contributed by atoms with E-state index in [1.807, 2.05) is 23.1 Å². The molecule has 0 bridgehead atoms. The zero-order valence-corrected chi connectivity index (χ0v) is 28.9. The number of hydrogen-bond donors (Lipinski definition) is 1. The molecule has 0 saturated carbocycles. The Morgan fingerprint density at radius 2 is 1.40 bits per heavy atom. The van der Waals surface area contributed by atoms with Crippen LogP contribution < -0.4 is 25.2 Å². The van der Waals surface area contributed by atoms with Crippen LogP contribution in [0.3, 0.4) is 0 Å². The minimum Gasteiger partial charge on any atom is -0.496 e. The quantitative estimate of drug-likeness (QED) is 0.379. The summed E-state index contributed by atoms with van der Waals surface area (Å²) in [7, 11) is 4.76. The van der Waals surface area contributed by atoms with E-state index in [1.165, 1.54) is 12.0 Å². The molecule has 3 saturated heterocycles. The van der Waals surface area contributed by atoms with E-state index in [2.05, 4.69) is 5.32 Å². The van der Waals surface area contributed by atoms with Crippen molar-refractivity contribution in [3.63, 3.8) is 0 Å². The lowest BCUT2D eigenvalue weighted by Crippen LogP contribution is -2.49. The van der Waals surface area contributed by atoms with E-state index in [0.29, 0.717) is 85.7 Å². The molecule has 1 aromatic heterocycles. The molecule has 1 N–H and O–H groups in total. The number of aromatic nitrogens is 1. The first kappa shape index (κ1) is 34.7. The Labute approximate surface area is 290 Å². The molecule has 0 aliphatic carbocycles. The summed E-state index contributed by atoms with van der Waals surface area (Å²) in [5.74, 6) is 0.362. The van der Waals surface area contributed by atoms with E-state index in [-0.39, 0.29) is 48.5 Å². The van der Waals surface area contributed by atoms with Gasteiger partial charge in [-0.05, 0) is 80.1 Å². The zero-order valence-electron chi connectivity index (χ0n) is 28.9. The third kappa shape index (κ3) is 7.23. The highest BCUT2D eigenvalue weighted by Crippen LogP contribution is 2.33. The highest BCUT2D eigenvalue weighted by Gasteiger charge is 2.32. The first-order valence-corrected chi connectivity index (χ1v) is 16.9. The van der Waals surface area contributed by atoms with Crippen LogP contribution in [0.4, 0.5) is 10.5 Å². The summed E-state index contributed by atoms with van der Waals surface area (Å²) in [6.45, 7) is 4.19. The fourth-order valence-electron chi connectivity index (χ4n) is 6.93. The van der Waals surface area contributed by atoms with Crippen molar-refractivity contribution < 1.29 is 33.4 Å². The highest BCUT2D eigenvalue weighted by molar-refractivity contribution is 6.07. The molecule has 5 amide bonds. The molecule has 0 spiro atoms. The van der Waals surface area contributed by atoms with Crippen molar-refractivity contribution in [1.29, 1.82) is 0 Å². The molecule has 3 aromatic rings. The van der Waals surface area contributed by atoms with Gasteiger partial charge in [-0.25, -0.2) is 4.79 Å². The van der Waals surface area contributed by atoms with Gasteiger partial charge < -0.3 is 28.6 Å². The summed E-state index contributed by atoms with van der Waals surface area (Å²) in [6.07, 6.45) is 4.81. The first-order chi connectivity index (χ1) is 24.1. The summed E-state index contributed by atoms with van der Waals surface area (Å²) in [4.78, 5) is 68.3. The second kappa shape index (κ2) is 14.8. The maximum atomic E-state index is 13.5. The van der Waals surface area contributed by atoms with Crippen molar-refractivity contribution >= 4 is 29.4 Å². The third-order valence-corrected chi connectivity index (χ3v) is 9.74. The number of carbonyl (C=O) groups is 4. The average Bonchev–Trinajstić information content (AvgIpc) is 3.13. The lowest BCUT2D eigenvalue weighted by Gasteiger charge is -2.37. The largest absolute Gasteiger partial charge is 0.496 e. The summed E-state index contributed by atoms with van der Waals surface area (Å²) in [5.41, 5.74) is 3.69. The van der Waals surface area contributed by atoms with E-state index >= 15 is 0 Å². The zero-order chi connectivity index (χ0) is 35.5. The summed E-state index contributed by atoms with van der Waals surface area (Å²) in [6, 6.07) is 11.8. The normalized spacial score (nSPS) is 17.5. The van der Waals surface area contributed by atoms with Crippen molar-refractivity contribution in [3.05, 3.63) is 75.7 Å². The molecule has 0 unspecified atom stereocenters. The number of methoxy groups -OCH3 is 2. The molecule has 264 valence electrons. The molecular weight excluding hydrogens is 642 g/mol. The SMILES string of the molecule is COc1cc(-c2cc(C)c(=O)n(C)c2)ccc1C(=O)N1CCC(OC2CCN(C(=O)c3ccc(OC)c(N4CCC(=O)NC4=O)c3)CC2)CC1. The van der Waals surface area contributed by atoms with Gasteiger partial charge in [0.1, 0.15) is 11.5 Å². The number of piperidine rings is 2. The molecule has 0 atom stereocenters. The number of carbonyl (C=O) groups excluding carboxylic acids is 4. The number of amides is 5. The van der Waals surface area contributed by atoms with Gasteiger partial charge in [0.2, 0.25) is 5.91 Å². The predicted molar refractivity (Wildman–Crippen MR) is 186 cm³/mol. The van der Waals surface area contributed by atoms with E-state index in [0.717, 1.165) is 11.1 Å². The number of benzene rings is 2. The first-order valence-electron chi connectivity index (χ1n) is 16.9. The van der Waals surface area contributed by atoms with Gasteiger partial charge in [-0.1, -0.05) is 6.07 Å². The number of anilines is 1. The van der Waals surface area contributed by atoms with Crippen LogP contribution in [-0.2, 0) is 16.6 Å². The number of rotatable bonds is 8. The molecule has 3 aliphatic heterocycles. The van der Waals surface area contributed by atoms with Crippen molar-refractivity contribution in [2.75, 3.05) is 51.8 Å². The fourth-order valence-corrected chi connectivity index (χ4v) is 6.93. The van der Waals surface area contributed by atoms with Gasteiger partial charge in [-0.15, -0.1) is 0 Å². The summed E-state index contributed by atoms with van der Waals surface area (Å²) < 4.78 is 19.1. The minimum atomic E-state index is -0.541. The van der Waals surface area contributed by atoms with Crippen LogP contribution in [0.1, 0.15) is 58.4 Å². The van der Waals surface area contributed by atoms with Gasteiger partial charge in [-0.2, -0.15) is 0 Å². The number of aryl methyl sites for hydroxylation is 2. The number of likely N-dealkylation sites (tertiary alicyclic amines) is 2. The van der Waals surface area contributed by atoms with E-state index in [4.69, 9.17) is 14.2 Å². The summed E-state index contributed by atoms with van der Waals surface area (Å²) in [5, 5.41) is 2.31. The second-order valence-electron chi connectivity index (χ2n) is 13.0. The fraction of sp³-hybridized carbons (Fsp3) is 0.432. The van der Waals surface area contributed by atoms with E-state index < -0.39 is 6.03 Å². The van der Waals surface area contributed by atoms with E-state index in [9.17, 15) is 24.0 Å². The summed E-state index contributed by atoms with van der Waals surface area (Å²) >= 11 is 0. The van der Waals surface area contributed by atoms with Crippen LogP contribution in [0.15, 0.2) is 53.5 Å². The van der Waals surface area contributed by atoms with E-state index in [1.54, 1.807) is 61.0 Å². The van der Waals surface area contributed by atoms with Crippen LogP contribution in [0, 0.1) is 6.92 Å². The monoisotopic (exact) mass is 685 g/mol. The smallest absolute Gasteiger partial charge is 0.328 e. The van der Waals surface area contributed by atoms with Crippen LogP contribution in [-0.4, -0.2) is 97.3 Å². The Kier molecular flexibility index (Phi) is 10.2. The second-order valence-corrected chi connectivity index (χ2v) is 13.0. The standard InChI is InChI=1S/C37H43N5O8/c1-23-19-26(22-39(2)34(23)44)24-5-7-29(32(21-24)49-4)36(46)41-16-11-28(12-17-41)50-27-9-14-40(15-10-27)35(45)25-6-8-31(48-3)30(20-25)42-18-13-33(43)38-37(42)47/h5-8,19-22,27-28H,9-18H2,1-4H3,(H,38,43,47). The molecule has 3 fully saturated rings. The van der Waals surface area contributed by atoms with Gasteiger partial charge in [-0.3, -0.25) is 29.4 Å². The lowest BCUT2D eigenvalue weighted by atomic mass is 10.0. The average molecular weight is 686 g/mol. The molecular formula is C37H43N5O8. The number of imide groups is 1. The van der Waals surface area contributed by atoms with Gasteiger partial charge in [0, 0.05) is 63.5 Å². The van der Waals surface area contributed by atoms with Gasteiger partial charge in [0.25, 0.3) is 17.4 Å². The molecule has 6 rings (SSSR count). The van der Waals surface area contributed by atoms with Crippen LogP contribution in [0.5, 0.6) is 11.5 Å². The lowest BCUT2D eigenvalue weighted by molar-refractivity contribution is -0.120. The highest BCUT2D eigenvalue weighted by atomic mass is 16.5. The third-order valence-electron chi connectivity index (χ3n) is 9.74. The Hall–Kier alpha value is -5.17. The predicted octanol–water partition coefficient (Wildman–Crippen LogP) is 3.75. The molecule has 50 heavy (non-hydrogen) atoms. The molecule has 0 radical (unpaired) electrons. The van der Waals surface area contributed by atoms with Crippen molar-refractivity contribution in [2.24, 2.45) is 7.05 Å². The maximum absolute atomic E-state index is 13.5.